The molecule has 0 radical (unpaired) electrons. The van der Waals surface area contributed by atoms with Gasteiger partial charge in [-0.15, -0.1) is 11.3 Å². The molecule has 0 bridgehead atoms. The zero-order chi connectivity index (χ0) is 16.4. The minimum Gasteiger partial charge on any atom is -0.376 e. The predicted molar refractivity (Wildman–Crippen MR) is 90.0 cm³/mol. The van der Waals surface area contributed by atoms with Crippen molar-refractivity contribution in [3.8, 4) is 0 Å². The first kappa shape index (κ1) is 16.4. The SMILES string of the molecule is C[C@@H]1CN(CC(=O)Nc2sc3c(c2C(N)=O)CCCC3)CCO1. The number of fused-ring (bicyclic) bond motifs is 1. The second kappa shape index (κ2) is 6.98. The van der Waals surface area contributed by atoms with Crippen molar-refractivity contribution in [1.29, 1.82) is 0 Å². The van der Waals surface area contributed by atoms with Gasteiger partial charge in [-0.1, -0.05) is 0 Å². The van der Waals surface area contributed by atoms with Crippen LogP contribution in [0.15, 0.2) is 0 Å². The van der Waals surface area contributed by atoms with Crippen LogP contribution in [0, 0.1) is 0 Å². The minimum absolute atomic E-state index is 0.0970. The highest BCUT2D eigenvalue weighted by Gasteiger charge is 2.26. The van der Waals surface area contributed by atoms with Gasteiger partial charge in [-0.2, -0.15) is 0 Å². The second-order valence-corrected chi connectivity index (χ2v) is 7.35. The van der Waals surface area contributed by atoms with Crippen molar-refractivity contribution < 1.29 is 14.3 Å². The average molecular weight is 337 g/mol. The van der Waals surface area contributed by atoms with Crippen LogP contribution in [0.3, 0.4) is 0 Å². The van der Waals surface area contributed by atoms with Crippen molar-refractivity contribution in [2.24, 2.45) is 5.73 Å². The number of thiophene rings is 1. The first-order chi connectivity index (χ1) is 11.0. The van der Waals surface area contributed by atoms with E-state index < -0.39 is 5.91 Å². The number of ether oxygens (including phenoxy) is 1. The first-order valence-electron chi connectivity index (χ1n) is 8.12. The highest BCUT2D eigenvalue weighted by molar-refractivity contribution is 7.17. The van der Waals surface area contributed by atoms with Crippen molar-refractivity contribution in [3.05, 3.63) is 16.0 Å². The topological polar surface area (TPSA) is 84.7 Å². The van der Waals surface area contributed by atoms with Gasteiger partial charge < -0.3 is 15.8 Å². The number of carbonyl (C=O) groups is 2. The highest BCUT2D eigenvalue weighted by Crippen LogP contribution is 2.37. The molecule has 1 aliphatic carbocycles. The normalized spacial score (nSPS) is 21.7. The molecule has 0 saturated carbocycles. The fourth-order valence-corrected chi connectivity index (χ4v) is 4.63. The van der Waals surface area contributed by atoms with E-state index in [1.165, 1.54) is 16.2 Å². The van der Waals surface area contributed by atoms with Crippen LogP contribution in [-0.4, -0.2) is 49.1 Å². The van der Waals surface area contributed by atoms with Crippen LogP contribution in [0.1, 0.15) is 40.6 Å². The molecule has 6 nitrogen and oxygen atoms in total. The third kappa shape index (κ3) is 3.73. The summed E-state index contributed by atoms with van der Waals surface area (Å²) in [5, 5.41) is 3.53. The number of nitrogens with two attached hydrogens (primary N) is 1. The maximum atomic E-state index is 12.3. The Morgan fingerprint density at radius 1 is 1.39 bits per heavy atom. The molecule has 0 aromatic carbocycles. The lowest BCUT2D eigenvalue weighted by atomic mass is 9.95. The van der Waals surface area contributed by atoms with E-state index in [4.69, 9.17) is 10.5 Å². The van der Waals surface area contributed by atoms with Gasteiger partial charge in [0.15, 0.2) is 0 Å². The molecule has 1 aromatic rings. The number of hydrogen-bond donors (Lipinski definition) is 2. The average Bonchev–Trinajstić information content (AvgIpc) is 2.84. The zero-order valence-electron chi connectivity index (χ0n) is 13.4. The van der Waals surface area contributed by atoms with Crippen LogP contribution in [0.4, 0.5) is 5.00 Å². The lowest BCUT2D eigenvalue weighted by molar-refractivity contribution is -0.119. The molecule has 1 fully saturated rings. The van der Waals surface area contributed by atoms with Gasteiger partial charge in [0.2, 0.25) is 5.91 Å². The third-order valence-electron chi connectivity index (χ3n) is 4.36. The molecule has 1 atom stereocenters. The number of amides is 2. The number of aryl methyl sites for hydroxylation is 1. The summed E-state index contributed by atoms with van der Waals surface area (Å²) in [5.74, 6) is -0.542. The van der Waals surface area contributed by atoms with Gasteiger partial charge in [0, 0.05) is 18.0 Å². The lowest BCUT2D eigenvalue weighted by Crippen LogP contribution is -2.44. The molecular weight excluding hydrogens is 314 g/mol. The molecular formula is C16H23N3O3S. The van der Waals surface area contributed by atoms with Crippen LogP contribution in [0.2, 0.25) is 0 Å². The van der Waals surface area contributed by atoms with E-state index in [-0.39, 0.29) is 12.0 Å². The number of nitrogens with zero attached hydrogens (tertiary/aromatic N) is 1. The fraction of sp³-hybridized carbons (Fsp3) is 0.625. The van der Waals surface area contributed by atoms with Gasteiger partial charge in [-0.3, -0.25) is 14.5 Å². The number of carbonyl (C=O) groups excluding carboxylic acids is 2. The number of hydrogen-bond acceptors (Lipinski definition) is 5. The smallest absolute Gasteiger partial charge is 0.251 e. The Morgan fingerprint density at radius 3 is 2.91 bits per heavy atom. The van der Waals surface area contributed by atoms with Gasteiger partial charge in [0.25, 0.3) is 5.91 Å². The number of anilines is 1. The summed E-state index contributed by atoms with van der Waals surface area (Å²) < 4.78 is 5.48. The van der Waals surface area contributed by atoms with Gasteiger partial charge in [0.05, 0.1) is 24.8 Å². The fourth-order valence-electron chi connectivity index (χ4n) is 3.32. The summed E-state index contributed by atoms with van der Waals surface area (Å²) in [6.45, 7) is 4.46. The summed E-state index contributed by atoms with van der Waals surface area (Å²) in [6.07, 6.45) is 4.19. The highest BCUT2D eigenvalue weighted by atomic mass is 32.1. The standard InChI is InChI=1S/C16H23N3O3S/c1-10-8-19(6-7-22-10)9-13(20)18-16-14(15(17)21)11-4-2-3-5-12(11)23-16/h10H,2-9H2,1H3,(H2,17,21)(H,18,20)/t10-/m1/s1. The molecule has 126 valence electrons. The minimum atomic E-state index is -0.445. The van der Waals surface area contributed by atoms with E-state index in [0.717, 1.165) is 44.3 Å². The number of nitrogens with one attached hydrogen (secondary N) is 1. The summed E-state index contributed by atoms with van der Waals surface area (Å²) in [6, 6.07) is 0. The van der Waals surface area contributed by atoms with Crippen molar-refractivity contribution in [3.63, 3.8) is 0 Å². The van der Waals surface area contributed by atoms with Crippen LogP contribution in [0.25, 0.3) is 0 Å². The Bertz CT molecular complexity index is 614. The Labute approximate surface area is 140 Å². The Morgan fingerprint density at radius 2 is 2.17 bits per heavy atom. The molecule has 2 heterocycles. The summed E-state index contributed by atoms with van der Waals surface area (Å²) in [5.41, 5.74) is 7.12. The molecule has 1 aliphatic heterocycles. The zero-order valence-corrected chi connectivity index (χ0v) is 14.2. The Hall–Kier alpha value is -1.44. The van der Waals surface area contributed by atoms with Crippen LogP contribution in [0.5, 0.6) is 0 Å². The number of morpholine rings is 1. The van der Waals surface area contributed by atoms with E-state index >= 15 is 0 Å². The summed E-state index contributed by atoms with van der Waals surface area (Å²) in [4.78, 5) is 27.4. The maximum Gasteiger partial charge on any atom is 0.251 e. The van der Waals surface area contributed by atoms with E-state index in [2.05, 4.69) is 10.2 Å². The van der Waals surface area contributed by atoms with Gasteiger partial charge >= 0.3 is 0 Å². The lowest BCUT2D eigenvalue weighted by Gasteiger charge is -2.30. The van der Waals surface area contributed by atoms with E-state index in [9.17, 15) is 9.59 Å². The molecule has 23 heavy (non-hydrogen) atoms. The Balaban J connectivity index is 1.70. The number of primary amides is 1. The van der Waals surface area contributed by atoms with Gasteiger partial charge in [-0.05, 0) is 38.2 Å². The summed E-state index contributed by atoms with van der Waals surface area (Å²) in [7, 11) is 0. The molecule has 0 unspecified atom stereocenters. The molecule has 3 rings (SSSR count). The van der Waals surface area contributed by atoms with Gasteiger partial charge in [0.1, 0.15) is 5.00 Å². The van der Waals surface area contributed by atoms with Crippen molar-refractivity contribution in [2.75, 3.05) is 31.6 Å². The van der Waals surface area contributed by atoms with Crippen molar-refractivity contribution in [1.82, 2.24) is 4.90 Å². The number of rotatable bonds is 4. The van der Waals surface area contributed by atoms with E-state index in [1.807, 2.05) is 6.92 Å². The second-order valence-electron chi connectivity index (χ2n) is 6.24. The Kier molecular flexibility index (Phi) is 4.99. The molecule has 3 N–H and O–H groups in total. The molecule has 1 aromatic heterocycles. The molecule has 2 amide bonds. The molecule has 7 heteroatoms. The quantitative estimate of drug-likeness (QED) is 0.869. The third-order valence-corrected chi connectivity index (χ3v) is 5.57. The maximum absolute atomic E-state index is 12.3. The first-order valence-corrected chi connectivity index (χ1v) is 8.94. The van der Waals surface area contributed by atoms with Gasteiger partial charge in [-0.25, -0.2) is 0 Å². The van der Waals surface area contributed by atoms with Crippen molar-refractivity contribution >= 4 is 28.2 Å². The molecule has 1 saturated heterocycles. The van der Waals surface area contributed by atoms with Crippen LogP contribution < -0.4 is 11.1 Å². The monoisotopic (exact) mass is 337 g/mol. The molecule has 2 aliphatic rings. The largest absolute Gasteiger partial charge is 0.376 e. The van der Waals surface area contributed by atoms with E-state index in [1.54, 1.807) is 0 Å². The van der Waals surface area contributed by atoms with Crippen molar-refractivity contribution in [2.45, 2.75) is 38.7 Å². The predicted octanol–water partition coefficient (Wildman–Crippen LogP) is 1.38. The molecule has 0 spiro atoms. The van der Waals surface area contributed by atoms with Crippen LogP contribution in [-0.2, 0) is 22.4 Å². The summed E-state index contributed by atoms with van der Waals surface area (Å²) >= 11 is 1.51. The van der Waals surface area contributed by atoms with Crippen LogP contribution >= 0.6 is 11.3 Å². The van der Waals surface area contributed by atoms with E-state index in [0.29, 0.717) is 23.7 Å².